The number of aromatic nitrogens is 4. The van der Waals surface area contributed by atoms with E-state index in [4.69, 9.17) is 16.3 Å². The van der Waals surface area contributed by atoms with Gasteiger partial charge in [0.05, 0.1) is 21.8 Å². The number of nitrogens with one attached hydrogen (secondary N) is 4. The number of anilines is 2. The molecule has 5 rings (SSSR count). The number of alkyl halides is 3. The molecule has 0 unspecified atom stereocenters. The van der Waals surface area contributed by atoms with Gasteiger partial charge in [0.1, 0.15) is 11.3 Å². The van der Waals surface area contributed by atoms with Crippen LogP contribution >= 0.6 is 11.6 Å². The molecule has 0 bridgehead atoms. The minimum atomic E-state index is -4.67. The van der Waals surface area contributed by atoms with Crippen molar-refractivity contribution in [3.63, 3.8) is 0 Å². The summed E-state index contributed by atoms with van der Waals surface area (Å²) < 4.78 is 45.4. The van der Waals surface area contributed by atoms with Gasteiger partial charge in [-0.25, -0.2) is 14.6 Å². The minimum Gasteiger partial charge on any atom is -0.454 e. The lowest BCUT2D eigenvalue weighted by Crippen LogP contribution is -2.20. The van der Waals surface area contributed by atoms with Crippen molar-refractivity contribution in [2.24, 2.45) is 0 Å². The topological polar surface area (TPSA) is 125 Å². The summed E-state index contributed by atoms with van der Waals surface area (Å²) in [7, 11) is 0. The highest BCUT2D eigenvalue weighted by Gasteiger charge is 2.33. The van der Waals surface area contributed by atoms with Crippen molar-refractivity contribution >= 4 is 51.1 Å². The lowest BCUT2D eigenvalue weighted by atomic mass is 10.1. The summed E-state index contributed by atoms with van der Waals surface area (Å²) in [5, 5.41) is 5.00. The van der Waals surface area contributed by atoms with E-state index in [0.717, 1.165) is 12.1 Å². The number of amides is 2. The molecule has 0 aliphatic carbocycles. The van der Waals surface area contributed by atoms with E-state index in [2.05, 4.69) is 30.6 Å². The van der Waals surface area contributed by atoms with Gasteiger partial charge < -0.3 is 20.4 Å². The second-order valence-electron chi connectivity index (χ2n) is 7.50. The molecule has 13 heteroatoms. The highest BCUT2D eigenvalue weighted by molar-refractivity contribution is 6.31. The summed E-state index contributed by atoms with van der Waals surface area (Å²) in [6, 6.07) is 10.4. The van der Waals surface area contributed by atoms with Crippen molar-refractivity contribution in [2.75, 3.05) is 10.6 Å². The van der Waals surface area contributed by atoms with Crippen molar-refractivity contribution < 1.29 is 22.7 Å². The van der Waals surface area contributed by atoms with Gasteiger partial charge in [0.15, 0.2) is 11.4 Å². The number of imidazole rings is 1. The van der Waals surface area contributed by atoms with Crippen LogP contribution in [0.2, 0.25) is 5.02 Å². The Labute approximate surface area is 204 Å². The van der Waals surface area contributed by atoms with Gasteiger partial charge in [0.2, 0.25) is 0 Å². The molecule has 0 atom stereocenters. The number of aromatic amines is 2. The lowest BCUT2D eigenvalue weighted by Gasteiger charge is -2.14. The number of fused-ring (bicyclic) bond motifs is 2. The first kappa shape index (κ1) is 23.2. The van der Waals surface area contributed by atoms with E-state index in [-0.39, 0.29) is 11.4 Å². The molecule has 9 nitrogen and oxygen atoms in total. The number of rotatable bonds is 4. The van der Waals surface area contributed by atoms with Crippen molar-refractivity contribution in [1.29, 1.82) is 0 Å². The molecule has 2 amide bonds. The quantitative estimate of drug-likeness (QED) is 0.237. The average molecular weight is 515 g/mol. The van der Waals surface area contributed by atoms with Crippen molar-refractivity contribution in [3.8, 4) is 11.5 Å². The third-order valence-corrected chi connectivity index (χ3v) is 5.44. The Bertz CT molecular complexity index is 1680. The maximum Gasteiger partial charge on any atom is 0.417 e. The largest absolute Gasteiger partial charge is 0.454 e. The van der Waals surface area contributed by atoms with Crippen LogP contribution in [0.3, 0.4) is 0 Å². The maximum absolute atomic E-state index is 13.1. The Kier molecular flexibility index (Phi) is 5.72. The summed E-state index contributed by atoms with van der Waals surface area (Å²) in [5.74, 6) is 0.719. The zero-order valence-corrected chi connectivity index (χ0v) is 18.7. The summed E-state index contributed by atoms with van der Waals surface area (Å²) in [5.41, 5.74) is -0.240. The third kappa shape index (κ3) is 4.53. The SMILES string of the molecule is O=C(Nc1ccc(Cl)c(C(F)(F)F)c1)Nc1ccc(Oc2ccnc3[nH]c(=O)[nH]c23)c2cccnc12. The fourth-order valence-corrected chi connectivity index (χ4v) is 3.78. The number of carbonyl (C=O) groups is 1. The molecule has 0 aliphatic rings. The first-order chi connectivity index (χ1) is 17.2. The van der Waals surface area contributed by atoms with Crippen LogP contribution in [0.4, 0.5) is 29.3 Å². The Balaban J connectivity index is 1.42. The van der Waals surface area contributed by atoms with Gasteiger partial charge in [0.25, 0.3) is 0 Å². The molecule has 3 aromatic heterocycles. The zero-order valence-electron chi connectivity index (χ0n) is 17.9. The second-order valence-corrected chi connectivity index (χ2v) is 7.90. The molecule has 0 fully saturated rings. The highest BCUT2D eigenvalue weighted by Crippen LogP contribution is 2.37. The average Bonchev–Trinajstić information content (AvgIpc) is 3.22. The monoisotopic (exact) mass is 514 g/mol. The normalized spacial score (nSPS) is 11.6. The number of hydrogen-bond acceptors (Lipinski definition) is 5. The summed E-state index contributed by atoms with van der Waals surface area (Å²) in [6.07, 6.45) is -1.68. The van der Waals surface area contributed by atoms with Gasteiger partial charge >= 0.3 is 17.9 Å². The van der Waals surface area contributed by atoms with Crippen molar-refractivity contribution in [2.45, 2.75) is 6.18 Å². The molecule has 0 saturated carbocycles. The smallest absolute Gasteiger partial charge is 0.417 e. The lowest BCUT2D eigenvalue weighted by molar-refractivity contribution is -0.137. The number of carbonyl (C=O) groups excluding carboxylic acids is 1. The fourth-order valence-electron chi connectivity index (χ4n) is 3.56. The van der Waals surface area contributed by atoms with Gasteiger partial charge in [-0.1, -0.05) is 11.6 Å². The standard InChI is InChI=1S/C23H14ClF3N6O3/c24-14-4-3-11(10-13(14)23(25,26)27)30-21(34)31-15-5-6-16(12-2-1-8-28-18(12)15)36-17-7-9-29-20-19(17)32-22(35)33-20/h1-10H,(H2,30,31,34)(H2,29,32,33,35). The molecule has 3 heterocycles. The number of pyridine rings is 2. The molecule has 0 saturated heterocycles. The molecule has 2 aromatic carbocycles. The van der Waals surface area contributed by atoms with Crippen LogP contribution in [-0.2, 0) is 6.18 Å². The number of hydrogen-bond donors (Lipinski definition) is 4. The molecule has 0 radical (unpaired) electrons. The second kappa shape index (κ2) is 8.89. The van der Waals surface area contributed by atoms with Crippen LogP contribution < -0.4 is 21.1 Å². The Hall–Kier alpha value is -4.58. The summed E-state index contributed by atoms with van der Waals surface area (Å²) in [4.78, 5) is 37.7. The van der Waals surface area contributed by atoms with E-state index in [1.807, 2.05) is 0 Å². The van der Waals surface area contributed by atoms with E-state index in [1.54, 1.807) is 24.3 Å². The predicted molar refractivity (Wildman–Crippen MR) is 128 cm³/mol. The molecule has 182 valence electrons. The number of urea groups is 1. The van der Waals surface area contributed by atoms with Crippen molar-refractivity contribution in [3.05, 3.63) is 82.0 Å². The summed E-state index contributed by atoms with van der Waals surface area (Å²) >= 11 is 5.63. The summed E-state index contributed by atoms with van der Waals surface area (Å²) in [6.45, 7) is 0. The zero-order chi connectivity index (χ0) is 25.4. The number of benzene rings is 2. The Morgan fingerprint density at radius 3 is 2.61 bits per heavy atom. The maximum atomic E-state index is 13.1. The van der Waals surface area contributed by atoms with Gasteiger partial charge in [-0.2, -0.15) is 13.2 Å². The highest BCUT2D eigenvalue weighted by atomic mass is 35.5. The van der Waals surface area contributed by atoms with Gasteiger partial charge in [-0.05, 0) is 42.5 Å². The number of ether oxygens (including phenoxy) is 1. The third-order valence-electron chi connectivity index (χ3n) is 5.11. The fraction of sp³-hybridized carbons (Fsp3) is 0.0435. The van der Waals surface area contributed by atoms with E-state index in [1.165, 1.54) is 24.5 Å². The van der Waals surface area contributed by atoms with E-state index < -0.39 is 28.5 Å². The molecule has 0 spiro atoms. The molecular formula is C23H14ClF3N6O3. The van der Waals surface area contributed by atoms with E-state index >= 15 is 0 Å². The van der Waals surface area contributed by atoms with Gasteiger partial charge in [-0.3, -0.25) is 9.97 Å². The first-order valence-electron chi connectivity index (χ1n) is 10.3. The first-order valence-corrected chi connectivity index (χ1v) is 10.6. The van der Waals surface area contributed by atoms with Crippen LogP contribution in [0.25, 0.3) is 22.1 Å². The van der Waals surface area contributed by atoms with Crippen LogP contribution in [0, 0.1) is 0 Å². The minimum absolute atomic E-state index is 0.0938. The van der Waals surface area contributed by atoms with Crippen LogP contribution in [0.1, 0.15) is 5.56 Å². The number of halogens is 4. The van der Waals surface area contributed by atoms with Gasteiger partial charge in [0, 0.05) is 29.5 Å². The van der Waals surface area contributed by atoms with E-state index in [0.29, 0.717) is 33.6 Å². The Morgan fingerprint density at radius 1 is 0.972 bits per heavy atom. The number of nitrogens with zero attached hydrogens (tertiary/aromatic N) is 2. The molecular weight excluding hydrogens is 501 g/mol. The van der Waals surface area contributed by atoms with Crippen molar-refractivity contribution in [1.82, 2.24) is 19.9 Å². The molecule has 4 N–H and O–H groups in total. The van der Waals surface area contributed by atoms with Crippen LogP contribution in [-0.4, -0.2) is 26.0 Å². The van der Waals surface area contributed by atoms with E-state index in [9.17, 15) is 22.8 Å². The van der Waals surface area contributed by atoms with Gasteiger partial charge in [-0.15, -0.1) is 0 Å². The van der Waals surface area contributed by atoms with Crippen LogP contribution in [0.5, 0.6) is 11.5 Å². The van der Waals surface area contributed by atoms with Crippen LogP contribution in [0.15, 0.2) is 65.7 Å². The molecule has 0 aliphatic heterocycles. The molecule has 36 heavy (non-hydrogen) atoms. The Morgan fingerprint density at radius 2 is 1.81 bits per heavy atom. The number of H-pyrrole nitrogens is 2. The molecule has 5 aromatic rings. The predicted octanol–water partition coefficient (Wildman–Crippen LogP) is 5.91.